The summed E-state index contributed by atoms with van der Waals surface area (Å²) in [5.74, 6) is -1.46. The van der Waals surface area contributed by atoms with Gasteiger partial charge >= 0.3 is 5.97 Å². The maximum absolute atomic E-state index is 12.5. The molecule has 0 saturated heterocycles. The molecule has 0 spiro atoms. The summed E-state index contributed by atoms with van der Waals surface area (Å²) in [6, 6.07) is 13.9. The van der Waals surface area contributed by atoms with Gasteiger partial charge in [0, 0.05) is 18.6 Å². The fourth-order valence-corrected chi connectivity index (χ4v) is 2.41. The molecular formula is C18H16N4O3. The van der Waals surface area contributed by atoms with Gasteiger partial charge in [0.25, 0.3) is 5.91 Å². The predicted octanol–water partition coefficient (Wildman–Crippen LogP) is 2.15. The zero-order valence-electron chi connectivity index (χ0n) is 13.2. The quantitative estimate of drug-likeness (QED) is 0.719. The number of aromatic carboxylic acids is 1. The number of nitrogens with zero attached hydrogens (tertiary/aromatic N) is 3. The monoisotopic (exact) mass is 336 g/mol. The average molecular weight is 336 g/mol. The Hall–Kier alpha value is -3.48. The molecule has 7 heteroatoms. The lowest BCUT2D eigenvalue weighted by atomic mass is 10.1. The van der Waals surface area contributed by atoms with E-state index in [4.69, 9.17) is 5.11 Å². The molecule has 0 aliphatic heterocycles. The molecule has 2 N–H and O–H groups in total. The normalized spacial score (nSPS) is 11.7. The highest BCUT2D eigenvalue weighted by atomic mass is 16.4. The van der Waals surface area contributed by atoms with Crippen molar-refractivity contribution in [2.24, 2.45) is 0 Å². The highest BCUT2D eigenvalue weighted by Gasteiger charge is 2.17. The van der Waals surface area contributed by atoms with Crippen LogP contribution in [0.4, 0.5) is 0 Å². The number of benzene rings is 1. The Morgan fingerprint density at radius 2 is 1.92 bits per heavy atom. The van der Waals surface area contributed by atoms with Crippen LogP contribution in [0.2, 0.25) is 0 Å². The molecule has 3 aromatic rings. The minimum absolute atomic E-state index is 0.104. The topological polar surface area (TPSA) is 97.1 Å². The zero-order valence-corrected chi connectivity index (χ0v) is 13.2. The van der Waals surface area contributed by atoms with Gasteiger partial charge in [-0.15, -0.1) is 0 Å². The second-order valence-electron chi connectivity index (χ2n) is 5.40. The van der Waals surface area contributed by atoms with Crippen molar-refractivity contribution in [3.05, 3.63) is 83.9 Å². The van der Waals surface area contributed by atoms with Crippen LogP contribution in [0.15, 0.2) is 67.1 Å². The molecule has 1 unspecified atom stereocenters. The lowest BCUT2D eigenvalue weighted by Crippen LogP contribution is -2.31. The summed E-state index contributed by atoms with van der Waals surface area (Å²) in [4.78, 5) is 27.1. The highest BCUT2D eigenvalue weighted by molar-refractivity contribution is 5.95. The molecule has 1 aromatic carbocycles. The maximum atomic E-state index is 12.5. The van der Waals surface area contributed by atoms with Gasteiger partial charge in [0.15, 0.2) is 0 Å². The number of carboxylic acids is 1. The van der Waals surface area contributed by atoms with Crippen molar-refractivity contribution in [2.75, 3.05) is 0 Å². The van der Waals surface area contributed by atoms with Crippen molar-refractivity contribution >= 4 is 11.9 Å². The smallest absolute Gasteiger partial charge is 0.354 e. The van der Waals surface area contributed by atoms with E-state index in [1.54, 1.807) is 10.9 Å². The van der Waals surface area contributed by atoms with E-state index in [1.165, 1.54) is 18.3 Å². The molecule has 2 heterocycles. The molecule has 0 aliphatic rings. The number of amides is 1. The third-order valence-electron chi connectivity index (χ3n) is 3.68. The highest BCUT2D eigenvalue weighted by Crippen LogP contribution is 2.15. The minimum atomic E-state index is -1.13. The van der Waals surface area contributed by atoms with Crippen molar-refractivity contribution in [3.63, 3.8) is 0 Å². The number of hydrogen-bond donors (Lipinski definition) is 2. The Labute approximate surface area is 143 Å². The van der Waals surface area contributed by atoms with Crippen molar-refractivity contribution in [2.45, 2.75) is 12.6 Å². The van der Waals surface area contributed by atoms with Crippen LogP contribution >= 0.6 is 0 Å². The average Bonchev–Trinajstić information content (AvgIpc) is 3.15. The van der Waals surface area contributed by atoms with E-state index in [1.807, 2.05) is 42.6 Å². The second-order valence-corrected chi connectivity index (χ2v) is 5.40. The van der Waals surface area contributed by atoms with E-state index in [9.17, 15) is 9.59 Å². The molecule has 0 bridgehead atoms. The van der Waals surface area contributed by atoms with E-state index < -0.39 is 5.97 Å². The van der Waals surface area contributed by atoms with Crippen molar-refractivity contribution < 1.29 is 14.7 Å². The van der Waals surface area contributed by atoms with Gasteiger partial charge in [0.1, 0.15) is 5.69 Å². The molecule has 1 amide bonds. The van der Waals surface area contributed by atoms with Gasteiger partial charge < -0.3 is 10.4 Å². The van der Waals surface area contributed by atoms with Gasteiger partial charge in [0.05, 0.1) is 18.2 Å². The van der Waals surface area contributed by atoms with Crippen LogP contribution in [0, 0.1) is 0 Å². The maximum Gasteiger partial charge on any atom is 0.354 e. The summed E-state index contributed by atoms with van der Waals surface area (Å²) in [5, 5.41) is 16.0. The number of carbonyl (C=O) groups is 2. The molecule has 0 saturated carbocycles. The lowest BCUT2D eigenvalue weighted by molar-refractivity contribution is 0.0689. The van der Waals surface area contributed by atoms with E-state index in [-0.39, 0.29) is 17.6 Å². The molecule has 126 valence electrons. The summed E-state index contributed by atoms with van der Waals surface area (Å²) in [7, 11) is 0. The predicted molar refractivity (Wildman–Crippen MR) is 90.1 cm³/mol. The third-order valence-corrected chi connectivity index (χ3v) is 3.68. The largest absolute Gasteiger partial charge is 0.477 e. The summed E-state index contributed by atoms with van der Waals surface area (Å²) in [5.41, 5.74) is 1.14. The van der Waals surface area contributed by atoms with Crippen LogP contribution in [0.25, 0.3) is 0 Å². The second kappa shape index (κ2) is 7.39. The standard InChI is InChI=1S/C18H16N4O3/c23-17(14-7-8-15(18(24)25)19-11-14)21-16(12-22-10-4-9-20-22)13-5-2-1-3-6-13/h1-11,16H,12H2,(H,21,23)(H,24,25). The fraction of sp³-hybridized carbons (Fsp3) is 0.111. The number of aromatic nitrogens is 3. The number of pyridine rings is 1. The van der Waals surface area contributed by atoms with Gasteiger partial charge in [-0.25, -0.2) is 9.78 Å². The molecule has 0 aliphatic carbocycles. The van der Waals surface area contributed by atoms with Crippen LogP contribution in [0.1, 0.15) is 32.5 Å². The van der Waals surface area contributed by atoms with Crippen molar-refractivity contribution in [1.29, 1.82) is 0 Å². The van der Waals surface area contributed by atoms with Gasteiger partial charge in [0.2, 0.25) is 0 Å². The van der Waals surface area contributed by atoms with Gasteiger partial charge in [-0.1, -0.05) is 30.3 Å². The van der Waals surface area contributed by atoms with Crippen molar-refractivity contribution in [3.8, 4) is 0 Å². The zero-order chi connectivity index (χ0) is 17.6. The van der Waals surface area contributed by atoms with Gasteiger partial charge in [-0.3, -0.25) is 9.48 Å². The number of carbonyl (C=O) groups excluding carboxylic acids is 1. The third kappa shape index (κ3) is 4.08. The van der Waals surface area contributed by atoms with E-state index in [0.29, 0.717) is 12.1 Å². The summed E-state index contributed by atoms with van der Waals surface area (Å²) < 4.78 is 1.74. The lowest BCUT2D eigenvalue weighted by Gasteiger charge is -2.19. The van der Waals surface area contributed by atoms with Gasteiger partial charge in [-0.2, -0.15) is 5.10 Å². The molecule has 1 atom stereocenters. The Kier molecular flexibility index (Phi) is 4.84. The van der Waals surface area contributed by atoms with Crippen LogP contribution < -0.4 is 5.32 Å². The van der Waals surface area contributed by atoms with Crippen LogP contribution in [-0.2, 0) is 6.54 Å². The Balaban J connectivity index is 1.79. The molecule has 0 radical (unpaired) electrons. The SMILES string of the molecule is O=C(NC(Cn1cccn1)c1ccccc1)c1ccc(C(=O)O)nc1. The minimum Gasteiger partial charge on any atom is -0.477 e. The summed E-state index contributed by atoms with van der Waals surface area (Å²) in [6.45, 7) is 0.476. The van der Waals surface area contributed by atoms with Crippen LogP contribution in [-0.4, -0.2) is 31.7 Å². The molecule has 7 nitrogen and oxygen atoms in total. The Morgan fingerprint density at radius 3 is 2.52 bits per heavy atom. The first-order valence-electron chi connectivity index (χ1n) is 7.66. The van der Waals surface area contributed by atoms with E-state index in [0.717, 1.165) is 5.56 Å². The number of carboxylic acid groups (broad SMARTS) is 1. The summed E-state index contributed by atoms with van der Waals surface area (Å²) >= 11 is 0. The van der Waals surface area contributed by atoms with E-state index >= 15 is 0 Å². The molecular weight excluding hydrogens is 320 g/mol. The summed E-state index contributed by atoms with van der Waals surface area (Å²) in [6.07, 6.45) is 4.76. The molecule has 2 aromatic heterocycles. The van der Waals surface area contributed by atoms with Crippen LogP contribution in [0.5, 0.6) is 0 Å². The number of hydrogen-bond acceptors (Lipinski definition) is 4. The molecule has 3 rings (SSSR count). The van der Waals surface area contributed by atoms with Gasteiger partial charge in [-0.05, 0) is 23.8 Å². The number of nitrogens with one attached hydrogen (secondary N) is 1. The Morgan fingerprint density at radius 1 is 1.12 bits per heavy atom. The molecule has 25 heavy (non-hydrogen) atoms. The van der Waals surface area contributed by atoms with Crippen molar-refractivity contribution in [1.82, 2.24) is 20.1 Å². The Bertz CT molecular complexity index is 846. The first kappa shape index (κ1) is 16.4. The van der Waals surface area contributed by atoms with Crippen LogP contribution in [0.3, 0.4) is 0 Å². The van der Waals surface area contributed by atoms with E-state index in [2.05, 4.69) is 15.4 Å². The fourth-order valence-electron chi connectivity index (χ4n) is 2.41. The number of rotatable bonds is 6. The first-order chi connectivity index (χ1) is 12.1. The first-order valence-corrected chi connectivity index (χ1v) is 7.66. The molecule has 0 fully saturated rings.